The average Bonchev–Trinajstić information content (AvgIpc) is 3.30. The molecule has 0 aliphatic carbocycles. The molecule has 0 saturated carbocycles. The summed E-state index contributed by atoms with van der Waals surface area (Å²) in [5.41, 5.74) is 3.13. The minimum absolute atomic E-state index is 0.117. The molecule has 1 amide bonds. The van der Waals surface area contributed by atoms with Crippen molar-refractivity contribution in [2.75, 3.05) is 5.32 Å². The van der Waals surface area contributed by atoms with E-state index >= 15 is 0 Å². The maximum Gasteiger partial charge on any atom is 0.224 e. The number of hydrogen-bond donors (Lipinski definition) is 1. The van der Waals surface area contributed by atoms with Crippen LogP contribution in [0.15, 0.2) is 83.4 Å². The summed E-state index contributed by atoms with van der Waals surface area (Å²) < 4.78 is 11.6. The largest absolute Gasteiger partial charge is 0.457 e. The molecule has 1 heterocycles. The van der Waals surface area contributed by atoms with E-state index in [2.05, 4.69) is 16.4 Å². The number of carbonyl (C=O) groups excluding carboxylic acids is 1. The van der Waals surface area contributed by atoms with Gasteiger partial charge in [0.15, 0.2) is 11.7 Å². The monoisotopic (exact) mass is 423 g/mol. The maximum atomic E-state index is 12.4. The fourth-order valence-electron chi connectivity index (χ4n) is 3.17. The number of anilines is 1. The van der Waals surface area contributed by atoms with Crippen LogP contribution in [0.5, 0.6) is 11.5 Å². The lowest BCUT2D eigenvalue weighted by Gasteiger charge is -2.11. The predicted molar refractivity (Wildman–Crippen MR) is 121 cm³/mol. The Morgan fingerprint density at radius 2 is 1.81 bits per heavy atom. The van der Waals surface area contributed by atoms with E-state index < -0.39 is 0 Å². The second kappa shape index (κ2) is 9.63. The smallest absolute Gasteiger partial charge is 0.224 e. The van der Waals surface area contributed by atoms with Crippen LogP contribution in [-0.4, -0.2) is 10.9 Å². The first-order chi connectivity index (χ1) is 15.6. The molecule has 1 aromatic heterocycles. The molecule has 0 aliphatic heterocycles. The summed E-state index contributed by atoms with van der Waals surface area (Å²) in [6.45, 7) is 1.90. The number of benzene rings is 3. The standard InChI is InChI=1S/C26H21N3O3/c1-18-15-22(31-21-9-7-19(16-27)8-10-21)11-12-23(18)29-25(30)13-14-26-28-17-24(32-26)20-5-3-2-4-6-20/h2-12,15,17H,13-14H2,1H3,(H,29,30). The molecule has 0 unspecified atom stereocenters. The molecule has 0 saturated heterocycles. The van der Waals surface area contributed by atoms with Crippen LogP contribution in [0, 0.1) is 18.3 Å². The third-order valence-corrected chi connectivity index (χ3v) is 4.87. The van der Waals surface area contributed by atoms with Gasteiger partial charge in [0.1, 0.15) is 11.5 Å². The van der Waals surface area contributed by atoms with E-state index in [1.807, 2.05) is 49.4 Å². The van der Waals surface area contributed by atoms with Crippen LogP contribution in [0.2, 0.25) is 0 Å². The minimum atomic E-state index is -0.117. The van der Waals surface area contributed by atoms with Crippen molar-refractivity contribution in [1.29, 1.82) is 5.26 Å². The van der Waals surface area contributed by atoms with Gasteiger partial charge in [-0.05, 0) is 55.0 Å². The highest BCUT2D eigenvalue weighted by Crippen LogP contribution is 2.26. The van der Waals surface area contributed by atoms with E-state index in [9.17, 15) is 4.79 Å². The number of carbonyl (C=O) groups is 1. The van der Waals surface area contributed by atoms with Crippen molar-refractivity contribution < 1.29 is 13.9 Å². The Balaban J connectivity index is 1.32. The van der Waals surface area contributed by atoms with Gasteiger partial charge in [-0.15, -0.1) is 0 Å². The van der Waals surface area contributed by atoms with Gasteiger partial charge in [0, 0.05) is 24.1 Å². The van der Waals surface area contributed by atoms with Crippen molar-refractivity contribution in [3.63, 3.8) is 0 Å². The van der Waals surface area contributed by atoms with E-state index in [0.717, 1.165) is 16.8 Å². The Kier molecular flexibility index (Phi) is 6.28. The normalized spacial score (nSPS) is 10.4. The molecule has 1 N–H and O–H groups in total. The van der Waals surface area contributed by atoms with E-state index in [0.29, 0.717) is 35.1 Å². The summed E-state index contributed by atoms with van der Waals surface area (Å²) in [6.07, 6.45) is 2.36. The number of nitriles is 1. The van der Waals surface area contributed by atoms with Crippen LogP contribution in [0.3, 0.4) is 0 Å². The van der Waals surface area contributed by atoms with Gasteiger partial charge >= 0.3 is 0 Å². The Morgan fingerprint density at radius 1 is 1.06 bits per heavy atom. The van der Waals surface area contributed by atoms with Gasteiger partial charge in [0.25, 0.3) is 0 Å². The van der Waals surface area contributed by atoms with Crippen LogP contribution >= 0.6 is 0 Å². The van der Waals surface area contributed by atoms with Crippen molar-refractivity contribution in [2.45, 2.75) is 19.8 Å². The summed E-state index contributed by atoms with van der Waals surface area (Å²) in [5.74, 6) is 2.39. The molecule has 0 fully saturated rings. The molecule has 0 atom stereocenters. The molecular formula is C26H21N3O3. The maximum absolute atomic E-state index is 12.4. The fourth-order valence-corrected chi connectivity index (χ4v) is 3.17. The van der Waals surface area contributed by atoms with Gasteiger partial charge in [-0.1, -0.05) is 30.3 Å². The van der Waals surface area contributed by atoms with Crippen molar-refractivity contribution in [3.8, 4) is 28.9 Å². The molecule has 6 heteroatoms. The number of hydrogen-bond acceptors (Lipinski definition) is 5. The number of oxazole rings is 1. The molecule has 4 aromatic rings. The first-order valence-electron chi connectivity index (χ1n) is 10.2. The van der Waals surface area contributed by atoms with E-state index in [1.165, 1.54) is 0 Å². The zero-order chi connectivity index (χ0) is 22.3. The van der Waals surface area contributed by atoms with Crippen LogP contribution in [0.1, 0.15) is 23.4 Å². The van der Waals surface area contributed by atoms with Crippen molar-refractivity contribution in [2.24, 2.45) is 0 Å². The quantitative estimate of drug-likeness (QED) is 0.401. The van der Waals surface area contributed by atoms with Crippen LogP contribution in [0.25, 0.3) is 11.3 Å². The lowest BCUT2D eigenvalue weighted by Crippen LogP contribution is -2.13. The summed E-state index contributed by atoms with van der Waals surface area (Å²) >= 11 is 0. The second-order valence-electron chi connectivity index (χ2n) is 7.25. The van der Waals surface area contributed by atoms with Gasteiger partial charge in [0.05, 0.1) is 17.8 Å². The van der Waals surface area contributed by atoms with Gasteiger partial charge in [-0.25, -0.2) is 4.98 Å². The van der Waals surface area contributed by atoms with Gasteiger partial charge < -0.3 is 14.5 Å². The second-order valence-corrected chi connectivity index (χ2v) is 7.25. The molecule has 0 bridgehead atoms. The number of aromatic nitrogens is 1. The number of rotatable bonds is 7. The average molecular weight is 423 g/mol. The first-order valence-corrected chi connectivity index (χ1v) is 10.2. The van der Waals surface area contributed by atoms with Crippen molar-refractivity contribution >= 4 is 11.6 Å². The number of nitrogens with zero attached hydrogens (tertiary/aromatic N) is 2. The van der Waals surface area contributed by atoms with Crippen molar-refractivity contribution in [1.82, 2.24) is 4.98 Å². The first kappa shape index (κ1) is 20.9. The van der Waals surface area contributed by atoms with Crippen LogP contribution in [0.4, 0.5) is 5.69 Å². The highest BCUT2D eigenvalue weighted by Gasteiger charge is 2.11. The van der Waals surface area contributed by atoms with E-state index in [4.69, 9.17) is 14.4 Å². The predicted octanol–water partition coefficient (Wildman–Crippen LogP) is 5.89. The summed E-state index contributed by atoms with van der Waals surface area (Å²) in [5, 5.41) is 11.8. The SMILES string of the molecule is Cc1cc(Oc2ccc(C#N)cc2)ccc1NC(=O)CCc1ncc(-c2ccccc2)o1. The Morgan fingerprint density at radius 3 is 2.53 bits per heavy atom. The third kappa shape index (κ3) is 5.21. The molecule has 3 aromatic carbocycles. The highest BCUT2D eigenvalue weighted by atomic mass is 16.5. The Hall–Kier alpha value is -4.37. The topological polar surface area (TPSA) is 88.1 Å². The molecule has 0 spiro atoms. The fraction of sp³-hybridized carbons (Fsp3) is 0.115. The van der Waals surface area contributed by atoms with E-state index in [-0.39, 0.29) is 12.3 Å². The zero-order valence-corrected chi connectivity index (χ0v) is 17.5. The van der Waals surface area contributed by atoms with Gasteiger partial charge in [0.2, 0.25) is 5.91 Å². The van der Waals surface area contributed by atoms with Crippen LogP contribution < -0.4 is 10.1 Å². The summed E-state index contributed by atoms with van der Waals surface area (Å²) in [6, 6.07) is 24.2. The Bertz CT molecular complexity index is 1260. The third-order valence-electron chi connectivity index (χ3n) is 4.87. The highest BCUT2D eigenvalue weighted by molar-refractivity contribution is 5.91. The van der Waals surface area contributed by atoms with Gasteiger partial charge in [-0.2, -0.15) is 5.26 Å². The lowest BCUT2D eigenvalue weighted by atomic mass is 10.1. The zero-order valence-electron chi connectivity index (χ0n) is 17.5. The number of amides is 1. The number of ether oxygens (including phenoxy) is 1. The Labute approximate surface area is 186 Å². The number of aryl methyl sites for hydroxylation is 2. The molecule has 0 aliphatic rings. The summed E-state index contributed by atoms with van der Waals surface area (Å²) in [4.78, 5) is 16.7. The number of nitrogens with one attached hydrogen (secondary N) is 1. The minimum Gasteiger partial charge on any atom is -0.457 e. The van der Waals surface area contributed by atoms with E-state index in [1.54, 1.807) is 36.5 Å². The van der Waals surface area contributed by atoms with Crippen LogP contribution in [-0.2, 0) is 11.2 Å². The summed E-state index contributed by atoms with van der Waals surface area (Å²) in [7, 11) is 0. The van der Waals surface area contributed by atoms with Gasteiger partial charge in [-0.3, -0.25) is 4.79 Å². The van der Waals surface area contributed by atoms with Crippen molar-refractivity contribution in [3.05, 3.63) is 96.0 Å². The lowest BCUT2D eigenvalue weighted by molar-refractivity contribution is -0.116. The molecule has 0 radical (unpaired) electrons. The molecule has 158 valence electrons. The molecule has 4 rings (SSSR count). The molecule has 32 heavy (non-hydrogen) atoms. The molecule has 6 nitrogen and oxygen atoms in total. The molecular weight excluding hydrogens is 402 g/mol.